The van der Waals surface area contributed by atoms with Crippen LogP contribution in [0.2, 0.25) is 0 Å². The topological polar surface area (TPSA) is 51.0 Å². The average molecular weight is 334 g/mol. The molecule has 1 heterocycles. The number of hydrogen-bond acceptors (Lipinski definition) is 4. The van der Waals surface area contributed by atoms with Crippen molar-refractivity contribution in [2.24, 2.45) is 24.8 Å². The van der Waals surface area contributed by atoms with Gasteiger partial charge in [-0.15, -0.1) is 10.2 Å². The van der Waals surface area contributed by atoms with E-state index < -0.39 is 0 Å². The second-order valence-electron chi connectivity index (χ2n) is 7.11. The molecule has 1 amide bonds. The molecule has 3 rings (SSSR count). The Morgan fingerprint density at radius 1 is 1.39 bits per heavy atom. The van der Waals surface area contributed by atoms with Crippen molar-refractivity contribution in [2.45, 2.75) is 50.1 Å². The Hall–Kier alpha value is -1.30. The third-order valence-corrected chi connectivity index (χ3v) is 6.19. The van der Waals surface area contributed by atoms with Crippen molar-refractivity contribution >= 4 is 17.7 Å². The van der Waals surface area contributed by atoms with Crippen molar-refractivity contribution in [3.8, 4) is 0 Å². The molecule has 0 aromatic carbocycles. The number of carbonyl (C=O) groups excluding carboxylic acids is 1. The van der Waals surface area contributed by atoms with Crippen LogP contribution in [-0.2, 0) is 11.8 Å². The van der Waals surface area contributed by atoms with Crippen molar-refractivity contribution in [1.82, 2.24) is 19.7 Å². The first-order chi connectivity index (χ1) is 11.0. The molecule has 2 aliphatic carbocycles. The summed E-state index contributed by atoms with van der Waals surface area (Å²) in [5, 5.41) is 8.60. The van der Waals surface area contributed by atoms with E-state index in [9.17, 15) is 4.79 Å². The van der Waals surface area contributed by atoms with Gasteiger partial charge in [0.2, 0.25) is 5.91 Å². The first-order valence-corrected chi connectivity index (χ1v) is 9.33. The van der Waals surface area contributed by atoms with Crippen molar-refractivity contribution in [3.05, 3.63) is 18.5 Å². The Balaban J connectivity index is 1.64. The fourth-order valence-electron chi connectivity index (χ4n) is 3.73. The van der Waals surface area contributed by atoms with Crippen LogP contribution in [0.15, 0.2) is 23.6 Å². The minimum Gasteiger partial charge on any atom is -0.339 e. The molecule has 0 aliphatic heterocycles. The van der Waals surface area contributed by atoms with Gasteiger partial charge in [-0.2, -0.15) is 0 Å². The van der Waals surface area contributed by atoms with E-state index in [0.29, 0.717) is 11.8 Å². The second kappa shape index (κ2) is 6.67. The summed E-state index contributed by atoms with van der Waals surface area (Å²) >= 11 is 1.49. The smallest absolute Gasteiger partial charge is 0.236 e. The third kappa shape index (κ3) is 3.47. The number of nitrogens with zero attached hydrogens (tertiary/aromatic N) is 4. The molecule has 5 nitrogen and oxygen atoms in total. The summed E-state index contributed by atoms with van der Waals surface area (Å²) in [5.41, 5.74) is 0. The van der Waals surface area contributed by atoms with Gasteiger partial charge in [-0.1, -0.05) is 23.9 Å². The molecule has 0 spiro atoms. The van der Waals surface area contributed by atoms with Gasteiger partial charge in [0.05, 0.1) is 5.25 Å². The van der Waals surface area contributed by atoms with Gasteiger partial charge in [-0.05, 0) is 51.4 Å². The summed E-state index contributed by atoms with van der Waals surface area (Å²) in [6.07, 6.45) is 8.91. The standard InChI is InChI=1S/C17H26N4OS/c1-11(2)21(9-15-8-13-5-6-14(15)7-13)16(22)12(3)23-17-19-18-10-20(17)4/h5-6,10-15H,7-9H2,1-4H3/t12-,13+,14+,15+/m1/s1. The van der Waals surface area contributed by atoms with Gasteiger partial charge in [0.1, 0.15) is 6.33 Å². The average Bonchev–Trinajstić information content (AvgIpc) is 3.21. The van der Waals surface area contributed by atoms with Crippen LogP contribution in [0.25, 0.3) is 0 Å². The Morgan fingerprint density at radius 3 is 2.70 bits per heavy atom. The van der Waals surface area contributed by atoms with Gasteiger partial charge in [0.25, 0.3) is 0 Å². The number of amides is 1. The van der Waals surface area contributed by atoms with E-state index >= 15 is 0 Å². The largest absolute Gasteiger partial charge is 0.339 e. The summed E-state index contributed by atoms with van der Waals surface area (Å²) in [4.78, 5) is 15.0. The van der Waals surface area contributed by atoms with Gasteiger partial charge < -0.3 is 9.47 Å². The van der Waals surface area contributed by atoms with Crippen LogP contribution in [0.4, 0.5) is 0 Å². The molecule has 126 valence electrons. The molecule has 0 saturated heterocycles. The molecular formula is C17H26N4OS. The zero-order valence-electron chi connectivity index (χ0n) is 14.3. The number of allylic oxidation sites excluding steroid dienone is 2. The predicted octanol–water partition coefficient (Wildman–Crippen LogP) is 2.74. The van der Waals surface area contributed by atoms with Gasteiger partial charge in [0.15, 0.2) is 5.16 Å². The SMILES string of the molecule is CC(C)N(C[C@@H]1C[C@H]2C=C[C@H]1C2)C(=O)[C@@H](C)Sc1nncn1C. The molecule has 1 saturated carbocycles. The fourth-order valence-corrected chi connectivity index (χ4v) is 4.59. The molecular weight excluding hydrogens is 308 g/mol. The highest BCUT2D eigenvalue weighted by atomic mass is 32.2. The molecule has 2 aliphatic rings. The molecule has 1 fully saturated rings. The maximum atomic E-state index is 12.9. The summed E-state index contributed by atoms with van der Waals surface area (Å²) in [7, 11) is 1.90. The number of aromatic nitrogens is 3. The van der Waals surface area contributed by atoms with E-state index in [1.165, 1.54) is 24.6 Å². The molecule has 0 radical (unpaired) electrons. The fraction of sp³-hybridized carbons (Fsp3) is 0.706. The van der Waals surface area contributed by atoms with Crippen LogP contribution in [0.1, 0.15) is 33.6 Å². The van der Waals surface area contributed by atoms with Gasteiger partial charge in [-0.25, -0.2) is 0 Å². The Labute approximate surface area is 142 Å². The highest BCUT2D eigenvalue weighted by Crippen LogP contribution is 2.44. The zero-order valence-corrected chi connectivity index (χ0v) is 15.2. The molecule has 0 N–H and O–H groups in total. The van der Waals surface area contributed by atoms with Gasteiger partial charge in [0, 0.05) is 19.6 Å². The van der Waals surface area contributed by atoms with Crippen molar-refractivity contribution in [1.29, 1.82) is 0 Å². The lowest BCUT2D eigenvalue weighted by molar-refractivity contribution is -0.132. The van der Waals surface area contributed by atoms with E-state index in [4.69, 9.17) is 0 Å². The van der Waals surface area contributed by atoms with Crippen LogP contribution < -0.4 is 0 Å². The number of aryl methyl sites for hydroxylation is 1. The van der Waals surface area contributed by atoms with Crippen LogP contribution in [0.5, 0.6) is 0 Å². The van der Waals surface area contributed by atoms with Crippen molar-refractivity contribution < 1.29 is 4.79 Å². The van der Waals surface area contributed by atoms with E-state index in [1.807, 2.05) is 18.5 Å². The molecule has 2 bridgehead atoms. The summed E-state index contributed by atoms with van der Waals surface area (Å²) in [5.74, 6) is 2.26. The van der Waals surface area contributed by atoms with Crippen molar-refractivity contribution in [2.75, 3.05) is 6.54 Å². The van der Waals surface area contributed by atoms with E-state index in [0.717, 1.165) is 17.6 Å². The minimum absolute atomic E-state index is 0.144. The summed E-state index contributed by atoms with van der Waals surface area (Å²) in [6, 6.07) is 0.230. The number of rotatable bonds is 6. The Kier molecular flexibility index (Phi) is 4.80. The lowest BCUT2D eigenvalue weighted by Gasteiger charge is -2.33. The highest BCUT2D eigenvalue weighted by Gasteiger charge is 2.38. The summed E-state index contributed by atoms with van der Waals surface area (Å²) < 4.78 is 1.86. The highest BCUT2D eigenvalue weighted by molar-refractivity contribution is 8.00. The van der Waals surface area contributed by atoms with Crippen LogP contribution in [-0.4, -0.2) is 43.4 Å². The van der Waals surface area contributed by atoms with E-state index in [-0.39, 0.29) is 17.2 Å². The molecule has 1 aromatic rings. The first kappa shape index (κ1) is 16.6. The van der Waals surface area contributed by atoms with Crippen LogP contribution in [0, 0.1) is 17.8 Å². The zero-order chi connectivity index (χ0) is 16.6. The molecule has 23 heavy (non-hydrogen) atoms. The lowest BCUT2D eigenvalue weighted by Crippen LogP contribution is -2.44. The number of carbonyl (C=O) groups is 1. The maximum Gasteiger partial charge on any atom is 0.236 e. The van der Waals surface area contributed by atoms with Crippen molar-refractivity contribution in [3.63, 3.8) is 0 Å². The Bertz CT molecular complexity index is 597. The molecule has 0 unspecified atom stereocenters. The molecule has 1 aromatic heterocycles. The van der Waals surface area contributed by atoms with Gasteiger partial charge >= 0.3 is 0 Å². The van der Waals surface area contributed by atoms with E-state index in [1.54, 1.807) is 6.33 Å². The number of hydrogen-bond donors (Lipinski definition) is 0. The second-order valence-corrected chi connectivity index (χ2v) is 8.42. The lowest BCUT2D eigenvalue weighted by atomic mass is 9.92. The molecule has 6 heteroatoms. The third-order valence-electron chi connectivity index (χ3n) is 5.05. The molecule has 4 atom stereocenters. The van der Waals surface area contributed by atoms with Gasteiger partial charge in [-0.3, -0.25) is 4.79 Å². The predicted molar refractivity (Wildman–Crippen MR) is 92.0 cm³/mol. The maximum absolute atomic E-state index is 12.9. The van der Waals surface area contributed by atoms with E-state index in [2.05, 4.69) is 41.1 Å². The number of thioether (sulfide) groups is 1. The Morgan fingerprint density at radius 2 is 2.17 bits per heavy atom. The quantitative estimate of drug-likeness (QED) is 0.593. The monoisotopic (exact) mass is 334 g/mol. The summed E-state index contributed by atoms with van der Waals surface area (Å²) in [6.45, 7) is 7.07. The van der Waals surface area contributed by atoms with Crippen LogP contribution >= 0.6 is 11.8 Å². The first-order valence-electron chi connectivity index (χ1n) is 8.45. The minimum atomic E-state index is -0.144. The normalized spacial score (nSPS) is 26.9. The van der Waals surface area contributed by atoms with Crippen LogP contribution in [0.3, 0.4) is 0 Å². The number of fused-ring (bicyclic) bond motifs is 2.